The number of aryl methyl sites for hydroxylation is 1. The summed E-state index contributed by atoms with van der Waals surface area (Å²) in [5.41, 5.74) is 1.50. The topological polar surface area (TPSA) is 94.2 Å². The molecule has 0 bridgehead atoms. The van der Waals surface area contributed by atoms with Gasteiger partial charge in [-0.3, -0.25) is 0 Å². The third kappa shape index (κ3) is 4.46. The lowest BCUT2D eigenvalue weighted by atomic mass is 10.2. The number of amides is 2. The van der Waals surface area contributed by atoms with E-state index in [0.29, 0.717) is 30.4 Å². The van der Waals surface area contributed by atoms with Gasteiger partial charge in [-0.05, 0) is 50.6 Å². The molecule has 1 aromatic carbocycles. The molecule has 2 N–H and O–H groups in total. The van der Waals surface area contributed by atoms with E-state index in [1.807, 2.05) is 55.1 Å². The molecular formula is C19H23N5O3. The maximum atomic E-state index is 12.4. The normalized spacial score (nSPS) is 11.8. The van der Waals surface area contributed by atoms with Gasteiger partial charge in [0, 0.05) is 18.1 Å². The molecule has 2 heterocycles. The van der Waals surface area contributed by atoms with E-state index in [0.717, 1.165) is 11.4 Å². The van der Waals surface area contributed by atoms with Crippen LogP contribution in [0.3, 0.4) is 0 Å². The van der Waals surface area contributed by atoms with Gasteiger partial charge in [0.15, 0.2) is 5.82 Å². The van der Waals surface area contributed by atoms with Crippen LogP contribution in [0.5, 0.6) is 5.75 Å². The number of ether oxygens (including phenoxy) is 1. The molecule has 8 nitrogen and oxygen atoms in total. The summed E-state index contributed by atoms with van der Waals surface area (Å²) in [6, 6.07) is 8.67. The van der Waals surface area contributed by atoms with Crippen molar-refractivity contribution in [2.45, 2.75) is 33.2 Å². The number of carbonyl (C=O) groups is 1. The van der Waals surface area contributed by atoms with Crippen molar-refractivity contribution in [1.29, 1.82) is 0 Å². The largest absolute Gasteiger partial charge is 0.492 e. The molecule has 27 heavy (non-hydrogen) atoms. The smallest absolute Gasteiger partial charge is 0.319 e. The Kier molecular flexibility index (Phi) is 5.75. The summed E-state index contributed by atoms with van der Waals surface area (Å²) in [7, 11) is 0. The Morgan fingerprint density at radius 1 is 1.30 bits per heavy atom. The molecule has 3 rings (SSSR count). The van der Waals surface area contributed by atoms with E-state index >= 15 is 0 Å². The van der Waals surface area contributed by atoms with Gasteiger partial charge in [0.2, 0.25) is 5.89 Å². The summed E-state index contributed by atoms with van der Waals surface area (Å²) in [5.74, 6) is 1.67. The van der Waals surface area contributed by atoms with Gasteiger partial charge in [0.25, 0.3) is 0 Å². The average molecular weight is 369 g/mol. The molecule has 0 aliphatic carbocycles. The van der Waals surface area contributed by atoms with Gasteiger partial charge in [-0.1, -0.05) is 12.1 Å². The van der Waals surface area contributed by atoms with Crippen LogP contribution in [0.1, 0.15) is 38.0 Å². The molecule has 0 aliphatic rings. The van der Waals surface area contributed by atoms with Gasteiger partial charge in [-0.2, -0.15) is 4.98 Å². The maximum absolute atomic E-state index is 12.4. The molecule has 142 valence electrons. The fourth-order valence-electron chi connectivity index (χ4n) is 2.69. The van der Waals surface area contributed by atoms with Crippen LogP contribution in [0.2, 0.25) is 0 Å². The van der Waals surface area contributed by atoms with Crippen molar-refractivity contribution < 1.29 is 14.1 Å². The van der Waals surface area contributed by atoms with Crippen molar-refractivity contribution in [2.24, 2.45) is 0 Å². The number of carbonyl (C=O) groups excluding carboxylic acids is 1. The minimum Gasteiger partial charge on any atom is -0.492 e. The third-order valence-corrected chi connectivity index (χ3v) is 3.95. The second kappa shape index (κ2) is 8.39. The number of aromatic nitrogens is 3. The van der Waals surface area contributed by atoms with Crippen LogP contribution >= 0.6 is 0 Å². The Balaban J connectivity index is 1.74. The summed E-state index contributed by atoms with van der Waals surface area (Å²) in [5, 5.41) is 9.47. The Morgan fingerprint density at radius 3 is 2.70 bits per heavy atom. The first-order chi connectivity index (χ1) is 13.1. The first kappa shape index (κ1) is 18.5. The van der Waals surface area contributed by atoms with Crippen LogP contribution in [-0.2, 0) is 0 Å². The number of hydrogen-bond acceptors (Lipinski definition) is 5. The standard InChI is InChI=1S/C19H23N5O3/c1-4-15(18-20-13(3)23-27-18)22-19(25)21-14-8-9-17(26-5-2)16(12-14)24-10-6-7-11-24/h6-12,15H,4-5H2,1-3H3,(H2,21,22,25)/t15-/m0/s1. The molecule has 0 fully saturated rings. The number of nitrogens with one attached hydrogen (secondary N) is 2. The Morgan fingerprint density at radius 2 is 2.07 bits per heavy atom. The van der Waals surface area contributed by atoms with Crippen LogP contribution in [0.4, 0.5) is 10.5 Å². The molecule has 2 amide bonds. The molecule has 8 heteroatoms. The molecule has 0 saturated carbocycles. The van der Waals surface area contributed by atoms with Crippen LogP contribution in [0.25, 0.3) is 5.69 Å². The van der Waals surface area contributed by atoms with E-state index in [9.17, 15) is 4.79 Å². The first-order valence-electron chi connectivity index (χ1n) is 8.88. The molecule has 0 aliphatic heterocycles. The number of anilines is 1. The molecule has 1 atom stereocenters. The first-order valence-corrected chi connectivity index (χ1v) is 8.88. The second-order valence-corrected chi connectivity index (χ2v) is 5.94. The van der Waals surface area contributed by atoms with Crippen molar-refractivity contribution in [2.75, 3.05) is 11.9 Å². The van der Waals surface area contributed by atoms with E-state index in [4.69, 9.17) is 9.26 Å². The molecule has 0 unspecified atom stereocenters. The highest BCUT2D eigenvalue weighted by Gasteiger charge is 2.19. The predicted octanol–water partition coefficient (Wildman–Crippen LogP) is 3.84. The highest BCUT2D eigenvalue weighted by atomic mass is 16.5. The zero-order chi connectivity index (χ0) is 19.2. The van der Waals surface area contributed by atoms with Gasteiger partial charge in [-0.15, -0.1) is 0 Å². The fraction of sp³-hybridized carbons (Fsp3) is 0.316. The number of benzene rings is 1. The molecule has 0 saturated heterocycles. The van der Waals surface area contributed by atoms with E-state index in [-0.39, 0.29) is 12.1 Å². The lowest BCUT2D eigenvalue weighted by Crippen LogP contribution is -2.32. The molecule has 2 aromatic heterocycles. The van der Waals surface area contributed by atoms with Crippen LogP contribution in [-0.4, -0.2) is 27.3 Å². The van der Waals surface area contributed by atoms with Gasteiger partial charge in [0.1, 0.15) is 11.8 Å². The molecule has 0 radical (unpaired) electrons. The van der Waals surface area contributed by atoms with Crippen LogP contribution in [0.15, 0.2) is 47.2 Å². The van der Waals surface area contributed by atoms with E-state index < -0.39 is 0 Å². The van der Waals surface area contributed by atoms with Crippen molar-refractivity contribution in [3.8, 4) is 11.4 Å². The van der Waals surface area contributed by atoms with Gasteiger partial charge >= 0.3 is 6.03 Å². The number of rotatable bonds is 7. The lowest BCUT2D eigenvalue weighted by Gasteiger charge is -2.16. The summed E-state index contributed by atoms with van der Waals surface area (Å²) in [6.07, 6.45) is 4.48. The van der Waals surface area contributed by atoms with Crippen molar-refractivity contribution in [3.63, 3.8) is 0 Å². The number of nitrogens with zero attached hydrogens (tertiary/aromatic N) is 3. The van der Waals surface area contributed by atoms with Gasteiger partial charge in [-0.25, -0.2) is 4.79 Å². The zero-order valence-corrected chi connectivity index (χ0v) is 15.6. The Hall–Kier alpha value is -3.29. The van der Waals surface area contributed by atoms with Crippen molar-refractivity contribution >= 4 is 11.7 Å². The van der Waals surface area contributed by atoms with Gasteiger partial charge < -0.3 is 24.5 Å². The lowest BCUT2D eigenvalue weighted by molar-refractivity contribution is 0.243. The zero-order valence-electron chi connectivity index (χ0n) is 15.6. The summed E-state index contributed by atoms with van der Waals surface area (Å²) in [6.45, 7) is 6.17. The molecular weight excluding hydrogens is 346 g/mol. The Bertz CT molecular complexity index is 889. The average Bonchev–Trinajstić information content (AvgIpc) is 3.33. The maximum Gasteiger partial charge on any atom is 0.319 e. The minimum atomic E-state index is -0.349. The van der Waals surface area contributed by atoms with Gasteiger partial charge in [0.05, 0.1) is 12.3 Å². The minimum absolute atomic E-state index is 0.347. The second-order valence-electron chi connectivity index (χ2n) is 5.94. The summed E-state index contributed by atoms with van der Waals surface area (Å²) < 4.78 is 12.8. The van der Waals surface area contributed by atoms with Crippen LogP contribution in [0, 0.1) is 6.92 Å². The van der Waals surface area contributed by atoms with E-state index in [1.165, 1.54) is 0 Å². The Labute approximate surface area is 157 Å². The predicted molar refractivity (Wildman–Crippen MR) is 101 cm³/mol. The highest BCUT2D eigenvalue weighted by molar-refractivity contribution is 5.90. The van der Waals surface area contributed by atoms with E-state index in [2.05, 4.69) is 20.8 Å². The molecule has 3 aromatic rings. The number of hydrogen-bond donors (Lipinski definition) is 2. The molecule has 0 spiro atoms. The van der Waals surface area contributed by atoms with Crippen LogP contribution < -0.4 is 15.4 Å². The fourth-order valence-corrected chi connectivity index (χ4v) is 2.69. The number of urea groups is 1. The summed E-state index contributed by atoms with van der Waals surface area (Å²) >= 11 is 0. The highest BCUT2D eigenvalue weighted by Crippen LogP contribution is 2.27. The van der Waals surface area contributed by atoms with E-state index in [1.54, 1.807) is 13.0 Å². The quantitative estimate of drug-likeness (QED) is 0.660. The third-order valence-electron chi connectivity index (χ3n) is 3.95. The SMILES string of the molecule is CCOc1ccc(NC(=O)N[C@@H](CC)c2nc(C)no2)cc1-n1cccc1. The van der Waals surface area contributed by atoms with Crippen molar-refractivity contribution in [1.82, 2.24) is 20.0 Å². The monoisotopic (exact) mass is 369 g/mol. The van der Waals surface area contributed by atoms with Crippen molar-refractivity contribution in [3.05, 3.63) is 54.4 Å². The summed E-state index contributed by atoms with van der Waals surface area (Å²) in [4.78, 5) is 16.6.